The minimum absolute atomic E-state index is 0.177. The third-order valence-electron chi connectivity index (χ3n) is 4.28. The molecule has 0 saturated carbocycles. The molecule has 1 aromatic rings. The molecule has 1 spiro atoms. The fourth-order valence-electron chi connectivity index (χ4n) is 3.26. The van der Waals surface area contributed by atoms with Crippen LogP contribution >= 0.6 is 11.6 Å². The molecule has 2 aliphatic rings. The average molecular weight is 353 g/mol. The van der Waals surface area contributed by atoms with Crippen LogP contribution in [0.2, 0.25) is 0 Å². The van der Waals surface area contributed by atoms with E-state index in [0.29, 0.717) is 25.2 Å². The van der Waals surface area contributed by atoms with Crippen LogP contribution in [0.4, 0.5) is 10.5 Å². The lowest BCUT2D eigenvalue weighted by atomic mass is 9.75. The molecule has 0 radical (unpaired) electrons. The summed E-state index contributed by atoms with van der Waals surface area (Å²) in [5, 5.41) is 3.29. The van der Waals surface area contributed by atoms with Gasteiger partial charge in [-0.05, 0) is 32.4 Å². The highest BCUT2D eigenvalue weighted by Gasteiger charge is 2.52. The van der Waals surface area contributed by atoms with Gasteiger partial charge < -0.3 is 19.7 Å². The van der Waals surface area contributed by atoms with Gasteiger partial charge in [-0.3, -0.25) is 0 Å². The van der Waals surface area contributed by atoms with Gasteiger partial charge in [-0.2, -0.15) is 0 Å². The molecule has 0 atom stereocenters. The van der Waals surface area contributed by atoms with Gasteiger partial charge in [0.2, 0.25) is 0 Å². The van der Waals surface area contributed by atoms with Gasteiger partial charge >= 0.3 is 12.1 Å². The first-order valence-electron chi connectivity index (χ1n) is 7.84. The van der Waals surface area contributed by atoms with Crippen molar-refractivity contribution in [2.24, 2.45) is 0 Å². The Morgan fingerprint density at radius 2 is 2.04 bits per heavy atom. The number of nitrogens with one attached hydrogen (secondary N) is 1. The lowest BCUT2D eigenvalue weighted by molar-refractivity contribution is -0.00630. The number of carbonyl (C=O) groups excluding carboxylic acids is 2. The topological polar surface area (TPSA) is 67.9 Å². The summed E-state index contributed by atoms with van der Waals surface area (Å²) < 4.78 is 10.3. The molecular weight excluding hydrogens is 332 g/mol. The number of benzene rings is 1. The largest absolute Gasteiger partial charge is 0.446 e. The quantitative estimate of drug-likeness (QED) is 0.654. The molecule has 1 amide bonds. The first-order chi connectivity index (χ1) is 11.3. The Kier molecular flexibility index (Phi) is 4.11. The van der Waals surface area contributed by atoms with Gasteiger partial charge in [-0.25, -0.2) is 9.59 Å². The third kappa shape index (κ3) is 2.90. The number of likely N-dealkylation sites (tertiary alicyclic amines) is 1. The van der Waals surface area contributed by atoms with Crippen LogP contribution in [-0.4, -0.2) is 48.3 Å². The zero-order chi connectivity index (χ0) is 17.5. The number of alkyl halides is 1. The molecule has 2 heterocycles. The SMILES string of the molecule is CC(C)(C)OC(=O)N1CC2(CNc3c(C(=O)OCCl)cccc32)C1. The summed E-state index contributed by atoms with van der Waals surface area (Å²) in [5.41, 5.74) is 1.59. The molecule has 130 valence electrons. The number of amides is 1. The summed E-state index contributed by atoms with van der Waals surface area (Å²) >= 11 is 5.48. The summed E-state index contributed by atoms with van der Waals surface area (Å²) in [7, 11) is 0. The summed E-state index contributed by atoms with van der Waals surface area (Å²) in [4.78, 5) is 25.9. The molecular formula is C17H21ClN2O4. The highest BCUT2D eigenvalue weighted by Crippen LogP contribution is 2.45. The van der Waals surface area contributed by atoms with Crippen molar-refractivity contribution >= 4 is 29.4 Å². The number of hydrogen-bond donors (Lipinski definition) is 1. The van der Waals surface area contributed by atoms with E-state index in [0.717, 1.165) is 11.3 Å². The molecule has 0 aromatic heterocycles. The Morgan fingerprint density at radius 3 is 2.67 bits per heavy atom. The molecule has 0 unspecified atom stereocenters. The Morgan fingerprint density at radius 1 is 1.33 bits per heavy atom. The van der Waals surface area contributed by atoms with Crippen LogP contribution in [-0.2, 0) is 14.9 Å². The number of esters is 1. The van der Waals surface area contributed by atoms with Gasteiger partial charge in [0.15, 0.2) is 6.07 Å². The fraction of sp³-hybridized carbons (Fsp3) is 0.529. The van der Waals surface area contributed by atoms with E-state index >= 15 is 0 Å². The number of halogens is 1. The second-order valence-corrected chi connectivity index (χ2v) is 7.46. The van der Waals surface area contributed by atoms with Gasteiger partial charge in [-0.1, -0.05) is 23.7 Å². The lowest BCUT2D eigenvalue weighted by Gasteiger charge is -2.47. The van der Waals surface area contributed by atoms with Crippen molar-refractivity contribution in [1.82, 2.24) is 4.90 Å². The van der Waals surface area contributed by atoms with Crippen molar-refractivity contribution < 1.29 is 19.1 Å². The summed E-state index contributed by atoms with van der Waals surface area (Å²) in [6.45, 7) is 7.35. The number of carbonyl (C=O) groups is 2. The summed E-state index contributed by atoms with van der Waals surface area (Å²) in [5.74, 6) is -0.449. The Hall–Kier alpha value is -1.95. The minimum Gasteiger partial charge on any atom is -0.446 e. The second-order valence-electron chi connectivity index (χ2n) is 7.24. The van der Waals surface area contributed by atoms with Crippen LogP contribution in [0.3, 0.4) is 0 Å². The van der Waals surface area contributed by atoms with Gasteiger partial charge in [0.25, 0.3) is 0 Å². The molecule has 24 heavy (non-hydrogen) atoms. The normalized spacial score (nSPS) is 17.8. The number of para-hydroxylation sites is 1. The molecule has 0 bridgehead atoms. The number of rotatable bonds is 2. The monoisotopic (exact) mass is 352 g/mol. The average Bonchev–Trinajstić information content (AvgIpc) is 2.83. The minimum atomic E-state index is -0.510. The molecule has 7 heteroatoms. The zero-order valence-electron chi connectivity index (χ0n) is 14.0. The van der Waals surface area contributed by atoms with Crippen molar-refractivity contribution in [1.29, 1.82) is 0 Å². The maximum Gasteiger partial charge on any atom is 0.410 e. The van der Waals surface area contributed by atoms with E-state index in [9.17, 15) is 9.59 Å². The molecule has 1 saturated heterocycles. The molecule has 3 rings (SSSR count). The summed E-state index contributed by atoms with van der Waals surface area (Å²) in [6.07, 6.45) is -0.306. The van der Waals surface area contributed by atoms with E-state index in [1.54, 1.807) is 11.0 Å². The van der Waals surface area contributed by atoms with E-state index in [1.165, 1.54) is 0 Å². The number of nitrogens with zero attached hydrogens (tertiary/aromatic N) is 1. The van der Waals surface area contributed by atoms with Crippen molar-refractivity contribution in [2.45, 2.75) is 31.8 Å². The standard InChI is InChI=1S/C17H21ClN2O4/c1-16(2,3)24-15(22)20-8-17(9-20)7-19-13-11(14(21)23-10-18)5-4-6-12(13)17/h4-6,19H,7-10H2,1-3H3. The van der Waals surface area contributed by atoms with Crippen LogP contribution in [0.15, 0.2) is 18.2 Å². The maximum absolute atomic E-state index is 12.1. The van der Waals surface area contributed by atoms with Gasteiger partial charge in [0, 0.05) is 19.6 Å². The number of fused-ring (bicyclic) bond motifs is 2. The Labute approximate surface area is 146 Å². The highest BCUT2D eigenvalue weighted by atomic mass is 35.5. The molecule has 0 aliphatic carbocycles. The molecule has 1 aromatic carbocycles. The van der Waals surface area contributed by atoms with Crippen LogP contribution < -0.4 is 5.32 Å². The summed E-state index contributed by atoms with van der Waals surface area (Å²) in [6, 6.07) is 5.35. The number of hydrogen-bond acceptors (Lipinski definition) is 5. The second kappa shape index (κ2) is 5.84. The van der Waals surface area contributed by atoms with E-state index in [4.69, 9.17) is 21.1 Å². The number of anilines is 1. The van der Waals surface area contributed by atoms with Crippen LogP contribution in [0.1, 0.15) is 36.7 Å². The van der Waals surface area contributed by atoms with Crippen molar-refractivity contribution in [3.05, 3.63) is 29.3 Å². The van der Waals surface area contributed by atoms with Crippen LogP contribution in [0.5, 0.6) is 0 Å². The van der Waals surface area contributed by atoms with Gasteiger partial charge in [0.05, 0.1) is 16.7 Å². The van der Waals surface area contributed by atoms with Crippen molar-refractivity contribution in [2.75, 3.05) is 31.0 Å². The van der Waals surface area contributed by atoms with E-state index in [1.807, 2.05) is 32.9 Å². The van der Waals surface area contributed by atoms with Crippen molar-refractivity contribution in [3.63, 3.8) is 0 Å². The Bertz CT molecular complexity index is 678. The van der Waals surface area contributed by atoms with Gasteiger partial charge in [0.1, 0.15) is 5.60 Å². The molecule has 2 aliphatic heterocycles. The molecule has 6 nitrogen and oxygen atoms in total. The van der Waals surface area contributed by atoms with Crippen LogP contribution in [0.25, 0.3) is 0 Å². The lowest BCUT2D eigenvalue weighted by Crippen LogP contribution is -2.62. The first-order valence-corrected chi connectivity index (χ1v) is 8.38. The van der Waals surface area contributed by atoms with E-state index in [-0.39, 0.29) is 17.6 Å². The highest BCUT2D eigenvalue weighted by molar-refractivity contribution is 6.18. The smallest absolute Gasteiger partial charge is 0.410 e. The zero-order valence-corrected chi connectivity index (χ0v) is 14.8. The predicted octanol–water partition coefficient (Wildman–Crippen LogP) is 2.95. The Balaban J connectivity index is 1.76. The van der Waals surface area contributed by atoms with Crippen molar-refractivity contribution in [3.8, 4) is 0 Å². The van der Waals surface area contributed by atoms with Crippen LogP contribution in [0, 0.1) is 0 Å². The van der Waals surface area contributed by atoms with Gasteiger partial charge in [-0.15, -0.1) is 0 Å². The number of ether oxygens (including phenoxy) is 2. The molecule has 1 N–H and O–H groups in total. The molecule has 1 fully saturated rings. The predicted molar refractivity (Wildman–Crippen MR) is 90.6 cm³/mol. The first kappa shape index (κ1) is 16.9. The van der Waals surface area contributed by atoms with E-state index in [2.05, 4.69) is 5.32 Å². The third-order valence-corrected chi connectivity index (χ3v) is 4.39. The van der Waals surface area contributed by atoms with E-state index < -0.39 is 11.6 Å². The fourth-order valence-corrected chi connectivity index (χ4v) is 3.36. The maximum atomic E-state index is 12.1.